The van der Waals surface area contributed by atoms with Gasteiger partial charge in [0.05, 0.1) is 0 Å². The van der Waals surface area contributed by atoms with E-state index in [9.17, 15) is 0 Å². The van der Waals surface area contributed by atoms with E-state index in [1.54, 1.807) is 0 Å². The van der Waals surface area contributed by atoms with Gasteiger partial charge in [-0.15, -0.1) is 10.2 Å². The molecule has 1 heterocycles. The van der Waals surface area contributed by atoms with Gasteiger partial charge in [0.15, 0.2) is 0 Å². The molecule has 0 amide bonds. The summed E-state index contributed by atoms with van der Waals surface area (Å²) in [5, 5.41) is 9.97. The topological polar surface area (TPSA) is 25.8 Å². The molecule has 2 nitrogen and oxygen atoms in total. The minimum atomic E-state index is 0.756. The van der Waals surface area contributed by atoms with Crippen LogP contribution >= 0.6 is 47.8 Å². The van der Waals surface area contributed by atoms with E-state index in [4.69, 9.17) is 0 Å². The van der Waals surface area contributed by atoms with Crippen molar-refractivity contribution in [2.24, 2.45) is 0 Å². The van der Waals surface area contributed by atoms with Gasteiger partial charge in [-0.2, -0.15) is 0 Å². The SMILES string of the molecule is Brc1ccc2c(Br)nnc(Br)c2c1. The minimum absolute atomic E-state index is 0.756. The first-order chi connectivity index (χ1) is 6.18. The molecule has 0 radical (unpaired) electrons. The van der Waals surface area contributed by atoms with Crippen molar-refractivity contribution in [3.05, 3.63) is 31.9 Å². The normalized spacial score (nSPS) is 10.7. The summed E-state index contributed by atoms with van der Waals surface area (Å²) in [5.41, 5.74) is 0. The Morgan fingerprint density at radius 2 is 1.46 bits per heavy atom. The Hall–Kier alpha value is -0.000000000000000111. The van der Waals surface area contributed by atoms with Crippen molar-refractivity contribution in [2.75, 3.05) is 0 Å². The zero-order valence-electron chi connectivity index (χ0n) is 6.26. The highest BCUT2D eigenvalue weighted by Crippen LogP contribution is 2.28. The molecule has 0 saturated heterocycles. The second kappa shape index (κ2) is 3.63. The standard InChI is InChI=1S/C8H3Br3N2/c9-4-1-2-5-6(3-4)8(11)13-12-7(5)10/h1-3H. The van der Waals surface area contributed by atoms with Crippen LogP contribution in [0, 0.1) is 0 Å². The van der Waals surface area contributed by atoms with Crippen LogP contribution in [0.4, 0.5) is 0 Å². The lowest BCUT2D eigenvalue weighted by molar-refractivity contribution is 1.00. The number of nitrogens with zero attached hydrogens (tertiary/aromatic N) is 2. The van der Waals surface area contributed by atoms with E-state index in [1.807, 2.05) is 18.2 Å². The van der Waals surface area contributed by atoms with E-state index in [-0.39, 0.29) is 0 Å². The van der Waals surface area contributed by atoms with Gasteiger partial charge in [0.25, 0.3) is 0 Å². The molecule has 0 spiro atoms. The fourth-order valence-corrected chi connectivity index (χ4v) is 2.26. The molecule has 0 atom stereocenters. The van der Waals surface area contributed by atoms with Gasteiger partial charge in [0, 0.05) is 15.2 Å². The van der Waals surface area contributed by atoms with E-state index in [2.05, 4.69) is 58.0 Å². The van der Waals surface area contributed by atoms with Gasteiger partial charge in [0.1, 0.15) is 9.21 Å². The summed E-state index contributed by atoms with van der Waals surface area (Å²) in [6.45, 7) is 0. The Bertz CT molecular complexity index is 470. The van der Waals surface area contributed by atoms with Crippen LogP contribution in [0.15, 0.2) is 31.9 Å². The molecule has 0 unspecified atom stereocenters. The maximum Gasteiger partial charge on any atom is 0.136 e. The van der Waals surface area contributed by atoms with Crippen molar-refractivity contribution < 1.29 is 0 Å². The molecular formula is C8H3Br3N2. The van der Waals surface area contributed by atoms with Crippen LogP contribution in [-0.4, -0.2) is 10.2 Å². The van der Waals surface area contributed by atoms with E-state index in [1.165, 1.54) is 0 Å². The highest BCUT2D eigenvalue weighted by Gasteiger charge is 2.04. The van der Waals surface area contributed by atoms with Crippen LogP contribution in [0.2, 0.25) is 0 Å². The number of benzene rings is 1. The van der Waals surface area contributed by atoms with Crippen LogP contribution in [0.5, 0.6) is 0 Å². The fraction of sp³-hybridized carbons (Fsp3) is 0. The van der Waals surface area contributed by atoms with Gasteiger partial charge >= 0.3 is 0 Å². The highest BCUT2D eigenvalue weighted by atomic mass is 79.9. The lowest BCUT2D eigenvalue weighted by atomic mass is 10.2. The van der Waals surface area contributed by atoms with Gasteiger partial charge in [-0.05, 0) is 44.0 Å². The van der Waals surface area contributed by atoms with Gasteiger partial charge < -0.3 is 0 Å². The Labute approximate surface area is 100 Å². The predicted molar refractivity (Wildman–Crippen MR) is 62.6 cm³/mol. The van der Waals surface area contributed by atoms with Gasteiger partial charge in [0.2, 0.25) is 0 Å². The van der Waals surface area contributed by atoms with E-state index < -0.39 is 0 Å². The Morgan fingerprint density at radius 1 is 0.846 bits per heavy atom. The number of aromatic nitrogens is 2. The first-order valence-electron chi connectivity index (χ1n) is 3.45. The summed E-state index contributed by atoms with van der Waals surface area (Å²) in [6, 6.07) is 5.96. The maximum absolute atomic E-state index is 3.95. The Morgan fingerprint density at radius 3 is 2.15 bits per heavy atom. The number of halogens is 3. The van der Waals surface area contributed by atoms with Crippen molar-refractivity contribution in [1.82, 2.24) is 10.2 Å². The average molecular weight is 367 g/mol. The second-order valence-electron chi connectivity index (χ2n) is 2.47. The molecule has 13 heavy (non-hydrogen) atoms. The zero-order chi connectivity index (χ0) is 9.42. The summed E-state index contributed by atoms with van der Waals surface area (Å²) in [7, 11) is 0. The first-order valence-corrected chi connectivity index (χ1v) is 5.83. The molecular weight excluding hydrogens is 364 g/mol. The molecule has 1 aromatic carbocycles. The lowest BCUT2D eigenvalue weighted by Crippen LogP contribution is -1.86. The van der Waals surface area contributed by atoms with Gasteiger partial charge in [-0.1, -0.05) is 22.0 Å². The monoisotopic (exact) mass is 364 g/mol. The molecule has 0 fully saturated rings. The second-order valence-corrected chi connectivity index (χ2v) is 4.89. The lowest BCUT2D eigenvalue weighted by Gasteiger charge is -2.01. The number of hydrogen-bond acceptors (Lipinski definition) is 2. The molecule has 2 aromatic rings. The van der Waals surface area contributed by atoms with Gasteiger partial charge in [-0.25, -0.2) is 0 Å². The number of hydrogen-bond donors (Lipinski definition) is 0. The molecule has 0 aliphatic carbocycles. The zero-order valence-corrected chi connectivity index (χ0v) is 11.0. The van der Waals surface area contributed by atoms with E-state index >= 15 is 0 Å². The fourth-order valence-electron chi connectivity index (χ4n) is 1.06. The number of fused-ring (bicyclic) bond motifs is 1. The van der Waals surface area contributed by atoms with Crippen molar-refractivity contribution in [2.45, 2.75) is 0 Å². The molecule has 0 aliphatic rings. The van der Waals surface area contributed by atoms with Crippen LogP contribution in [0.3, 0.4) is 0 Å². The summed E-state index contributed by atoms with van der Waals surface area (Å²) >= 11 is 10.1. The quantitative estimate of drug-likeness (QED) is 0.706. The van der Waals surface area contributed by atoms with Gasteiger partial charge in [-0.3, -0.25) is 0 Å². The third kappa shape index (κ3) is 1.78. The van der Waals surface area contributed by atoms with Crippen molar-refractivity contribution in [3.8, 4) is 0 Å². The molecule has 66 valence electrons. The van der Waals surface area contributed by atoms with E-state index in [0.29, 0.717) is 0 Å². The molecule has 2 rings (SSSR count). The minimum Gasteiger partial charge on any atom is -0.142 e. The average Bonchev–Trinajstić information content (AvgIpc) is 2.12. The third-order valence-electron chi connectivity index (χ3n) is 1.65. The smallest absolute Gasteiger partial charge is 0.136 e. The Kier molecular flexibility index (Phi) is 2.67. The summed E-state index contributed by atoms with van der Waals surface area (Å²) in [5.74, 6) is 0. The van der Waals surface area contributed by atoms with Crippen LogP contribution in [-0.2, 0) is 0 Å². The molecule has 5 heteroatoms. The predicted octanol–water partition coefficient (Wildman–Crippen LogP) is 3.92. The van der Waals surface area contributed by atoms with Crippen LogP contribution in [0.1, 0.15) is 0 Å². The highest BCUT2D eigenvalue weighted by molar-refractivity contribution is 9.11. The summed E-state index contributed by atoms with van der Waals surface area (Å²) in [4.78, 5) is 0. The van der Waals surface area contributed by atoms with E-state index in [0.717, 1.165) is 24.5 Å². The largest absolute Gasteiger partial charge is 0.142 e. The molecule has 1 aromatic heterocycles. The summed E-state index contributed by atoms with van der Waals surface area (Å²) < 4.78 is 2.55. The molecule has 0 saturated carbocycles. The molecule has 0 aliphatic heterocycles. The maximum atomic E-state index is 3.95. The first kappa shape index (κ1) is 9.55. The van der Waals surface area contributed by atoms with Crippen LogP contribution < -0.4 is 0 Å². The van der Waals surface area contributed by atoms with Crippen molar-refractivity contribution >= 4 is 58.6 Å². The Balaban J connectivity index is 2.92. The molecule has 0 bridgehead atoms. The third-order valence-corrected chi connectivity index (χ3v) is 3.32. The number of rotatable bonds is 0. The van der Waals surface area contributed by atoms with Crippen molar-refractivity contribution in [1.29, 1.82) is 0 Å². The molecule has 0 N–H and O–H groups in total. The van der Waals surface area contributed by atoms with Crippen molar-refractivity contribution in [3.63, 3.8) is 0 Å². The van der Waals surface area contributed by atoms with Crippen LogP contribution in [0.25, 0.3) is 10.8 Å². The summed E-state index contributed by atoms with van der Waals surface area (Å²) in [6.07, 6.45) is 0.